The van der Waals surface area contributed by atoms with E-state index < -0.39 is 0 Å². The number of nitrogen functional groups attached to an aromatic ring is 1. The summed E-state index contributed by atoms with van der Waals surface area (Å²) in [6, 6.07) is 9.68. The van der Waals surface area contributed by atoms with Crippen molar-refractivity contribution in [2.45, 2.75) is 18.9 Å². The van der Waals surface area contributed by atoms with Gasteiger partial charge in [-0.2, -0.15) is 0 Å². The van der Waals surface area contributed by atoms with Crippen LogP contribution in [0.2, 0.25) is 0 Å². The molecule has 1 saturated heterocycles. The van der Waals surface area contributed by atoms with Crippen LogP contribution < -0.4 is 5.73 Å². The summed E-state index contributed by atoms with van der Waals surface area (Å²) in [5.74, 6) is 0.0461. The number of pyridine rings is 1. The van der Waals surface area contributed by atoms with Gasteiger partial charge in [0.05, 0.1) is 16.3 Å². The maximum absolute atomic E-state index is 12.9. The Balaban J connectivity index is 1.66. The van der Waals surface area contributed by atoms with Crippen LogP contribution in [0.5, 0.6) is 0 Å². The van der Waals surface area contributed by atoms with Crippen molar-refractivity contribution in [3.05, 3.63) is 53.9 Å². The van der Waals surface area contributed by atoms with Crippen molar-refractivity contribution < 1.29 is 4.79 Å². The Labute approximate surface area is 137 Å². The van der Waals surface area contributed by atoms with Crippen molar-refractivity contribution >= 4 is 32.6 Å². The van der Waals surface area contributed by atoms with Gasteiger partial charge >= 0.3 is 0 Å². The maximum atomic E-state index is 12.9. The summed E-state index contributed by atoms with van der Waals surface area (Å²) in [6.45, 7) is 0.773. The zero-order chi connectivity index (χ0) is 15.8. The monoisotopic (exact) mass is 324 g/mol. The summed E-state index contributed by atoms with van der Waals surface area (Å²) in [7, 11) is 0. The van der Waals surface area contributed by atoms with Crippen LogP contribution in [-0.4, -0.2) is 27.3 Å². The van der Waals surface area contributed by atoms with Crippen LogP contribution in [0.15, 0.2) is 42.7 Å². The zero-order valence-corrected chi connectivity index (χ0v) is 13.3. The number of anilines is 1. The minimum Gasteiger partial charge on any atom is -0.375 e. The smallest absolute Gasteiger partial charge is 0.254 e. The predicted molar refractivity (Wildman–Crippen MR) is 91.3 cm³/mol. The average molecular weight is 324 g/mol. The molecule has 6 heteroatoms. The summed E-state index contributed by atoms with van der Waals surface area (Å²) in [4.78, 5) is 23.3. The van der Waals surface area contributed by atoms with E-state index in [4.69, 9.17) is 5.73 Å². The van der Waals surface area contributed by atoms with Crippen LogP contribution in [-0.2, 0) is 0 Å². The second kappa shape index (κ2) is 5.62. The molecule has 1 unspecified atom stereocenters. The number of hydrogen-bond donors (Lipinski definition) is 1. The maximum Gasteiger partial charge on any atom is 0.254 e. The standard InChI is InChI=1S/C17H16N4OS/c18-17-20-13-9-11(5-6-15(13)23-17)16(22)21-8-2-4-14(21)12-3-1-7-19-10-12/h1,3,5-7,9-10,14H,2,4,8H2,(H2,18,20). The highest BCUT2D eigenvalue weighted by Gasteiger charge is 2.30. The molecule has 1 amide bonds. The van der Waals surface area contributed by atoms with Gasteiger partial charge in [-0.1, -0.05) is 17.4 Å². The largest absolute Gasteiger partial charge is 0.375 e. The average Bonchev–Trinajstić information content (AvgIpc) is 3.19. The van der Waals surface area contributed by atoms with Gasteiger partial charge < -0.3 is 10.6 Å². The molecule has 23 heavy (non-hydrogen) atoms. The molecule has 3 aromatic rings. The van der Waals surface area contributed by atoms with E-state index >= 15 is 0 Å². The number of likely N-dealkylation sites (tertiary alicyclic amines) is 1. The second-order valence-corrected chi connectivity index (χ2v) is 6.74. The highest BCUT2D eigenvalue weighted by atomic mass is 32.1. The molecule has 5 nitrogen and oxygen atoms in total. The third kappa shape index (κ3) is 2.55. The first-order valence-corrected chi connectivity index (χ1v) is 8.41. The van der Waals surface area contributed by atoms with Crippen LogP contribution in [0.3, 0.4) is 0 Å². The first-order chi connectivity index (χ1) is 11.2. The number of carbonyl (C=O) groups is 1. The van der Waals surface area contributed by atoms with E-state index in [1.54, 1.807) is 6.20 Å². The Morgan fingerprint density at radius 3 is 3.09 bits per heavy atom. The molecule has 2 N–H and O–H groups in total. The SMILES string of the molecule is Nc1nc2cc(C(=O)N3CCCC3c3cccnc3)ccc2s1. The van der Waals surface area contributed by atoms with E-state index in [-0.39, 0.29) is 11.9 Å². The molecule has 0 aliphatic carbocycles. The lowest BCUT2D eigenvalue weighted by molar-refractivity contribution is 0.0735. The molecule has 116 valence electrons. The fourth-order valence-corrected chi connectivity index (χ4v) is 3.89. The number of fused-ring (bicyclic) bond motifs is 1. The molecule has 0 spiro atoms. The Morgan fingerprint density at radius 2 is 2.26 bits per heavy atom. The lowest BCUT2D eigenvalue weighted by Crippen LogP contribution is -2.30. The van der Waals surface area contributed by atoms with Crippen molar-refractivity contribution in [1.29, 1.82) is 0 Å². The lowest BCUT2D eigenvalue weighted by atomic mass is 10.1. The van der Waals surface area contributed by atoms with E-state index in [1.165, 1.54) is 11.3 Å². The molecule has 0 radical (unpaired) electrons. The first-order valence-electron chi connectivity index (χ1n) is 7.59. The van der Waals surface area contributed by atoms with Crippen molar-refractivity contribution in [1.82, 2.24) is 14.9 Å². The van der Waals surface area contributed by atoms with E-state index in [2.05, 4.69) is 9.97 Å². The number of benzene rings is 1. The van der Waals surface area contributed by atoms with Gasteiger partial charge in [-0.3, -0.25) is 9.78 Å². The predicted octanol–water partition coefficient (Wildman–Crippen LogP) is 3.25. The molecule has 0 saturated carbocycles. The number of aromatic nitrogens is 2. The summed E-state index contributed by atoms with van der Waals surface area (Å²) < 4.78 is 1.00. The van der Waals surface area contributed by atoms with E-state index in [0.717, 1.165) is 35.2 Å². The van der Waals surface area contributed by atoms with Gasteiger partial charge in [0.1, 0.15) is 0 Å². The van der Waals surface area contributed by atoms with Crippen molar-refractivity contribution in [2.24, 2.45) is 0 Å². The summed E-state index contributed by atoms with van der Waals surface area (Å²) in [6.07, 6.45) is 5.59. The fourth-order valence-electron chi connectivity index (χ4n) is 3.17. The van der Waals surface area contributed by atoms with Gasteiger partial charge in [-0.25, -0.2) is 4.98 Å². The number of hydrogen-bond acceptors (Lipinski definition) is 5. The van der Waals surface area contributed by atoms with Gasteiger partial charge in [-0.15, -0.1) is 0 Å². The van der Waals surface area contributed by atoms with Crippen LogP contribution in [0.4, 0.5) is 5.13 Å². The minimum absolute atomic E-state index is 0.0461. The van der Waals surface area contributed by atoms with Gasteiger partial charge in [-0.05, 0) is 42.7 Å². The van der Waals surface area contributed by atoms with Crippen molar-refractivity contribution in [3.8, 4) is 0 Å². The number of carbonyl (C=O) groups excluding carboxylic acids is 1. The molecule has 1 aromatic carbocycles. The van der Waals surface area contributed by atoms with Crippen LogP contribution in [0.25, 0.3) is 10.2 Å². The summed E-state index contributed by atoms with van der Waals surface area (Å²) in [5.41, 5.74) is 8.29. The fraction of sp³-hybridized carbons (Fsp3) is 0.235. The lowest BCUT2D eigenvalue weighted by Gasteiger charge is -2.25. The third-order valence-corrected chi connectivity index (χ3v) is 5.10. The molecule has 1 aliphatic heterocycles. The molecule has 1 atom stereocenters. The van der Waals surface area contributed by atoms with Gasteiger partial charge in [0.15, 0.2) is 5.13 Å². The first kappa shape index (κ1) is 14.1. The normalized spacial score (nSPS) is 17.7. The zero-order valence-electron chi connectivity index (χ0n) is 12.5. The number of thiazole rings is 1. The molecule has 1 aliphatic rings. The minimum atomic E-state index is 0.0461. The molecule has 4 rings (SSSR count). The molecule has 3 heterocycles. The van der Waals surface area contributed by atoms with E-state index in [0.29, 0.717) is 10.7 Å². The summed E-state index contributed by atoms with van der Waals surface area (Å²) in [5, 5.41) is 0.527. The quantitative estimate of drug-likeness (QED) is 0.785. The number of nitrogens with two attached hydrogens (primary N) is 1. The second-order valence-electron chi connectivity index (χ2n) is 5.68. The van der Waals surface area contributed by atoms with Gasteiger partial charge in [0.25, 0.3) is 5.91 Å². The number of amides is 1. The summed E-state index contributed by atoms with van der Waals surface area (Å²) >= 11 is 1.44. The molecular formula is C17H16N4OS. The van der Waals surface area contributed by atoms with Crippen LogP contribution in [0, 0.1) is 0 Å². The van der Waals surface area contributed by atoms with Crippen molar-refractivity contribution in [2.75, 3.05) is 12.3 Å². The third-order valence-electron chi connectivity index (χ3n) is 4.23. The molecule has 0 bridgehead atoms. The molecule has 1 fully saturated rings. The van der Waals surface area contributed by atoms with Crippen molar-refractivity contribution in [3.63, 3.8) is 0 Å². The number of nitrogens with zero attached hydrogens (tertiary/aromatic N) is 3. The highest BCUT2D eigenvalue weighted by molar-refractivity contribution is 7.22. The Bertz CT molecular complexity index is 861. The Morgan fingerprint density at radius 1 is 1.35 bits per heavy atom. The van der Waals surface area contributed by atoms with Gasteiger partial charge in [0.2, 0.25) is 0 Å². The topological polar surface area (TPSA) is 72.1 Å². The highest BCUT2D eigenvalue weighted by Crippen LogP contribution is 2.33. The number of rotatable bonds is 2. The van der Waals surface area contributed by atoms with E-state index in [1.807, 2.05) is 41.4 Å². The molecule has 2 aromatic heterocycles. The van der Waals surface area contributed by atoms with E-state index in [9.17, 15) is 4.79 Å². The Hall–Kier alpha value is -2.47. The van der Waals surface area contributed by atoms with Crippen LogP contribution >= 0.6 is 11.3 Å². The van der Waals surface area contributed by atoms with Gasteiger partial charge in [0, 0.05) is 24.5 Å². The Kier molecular flexibility index (Phi) is 3.46. The van der Waals surface area contributed by atoms with Crippen LogP contribution in [0.1, 0.15) is 34.8 Å². The molecular weight excluding hydrogens is 308 g/mol.